The number of hydrogen-bond donors (Lipinski definition) is 1. The van der Waals surface area contributed by atoms with Gasteiger partial charge in [0.15, 0.2) is 0 Å². The second-order valence-electron chi connectivity index (χ2n) is 6.05. The molecule has 1 N–H and O–H groups in total. The molecule has 0 aliphatic carbocycles. The van der Waals surface area contributed by atoms with Crippen molar-refractivity contribution in [2.24, 2.45) is 0 Å². The topological polar surface area (TPSA) is 43.4 Å². The van der Waals surface area contributed by atoms with Crippen LogP contribution in [0, 0.1) is 0 Å². The highest BCUT2D eigenvalue weighted by Crippen LogP contribution is 2.15. The molecule has 2 heterocycles. The van der Waals surface area contributed by atoms with Gasteiger partial charge in [0, 0.05) is 31.0 Å². The second-order valence-corrected chi connectivity index (χ2v) is 6.05. The van der Waals surface area contributed by atoms with E-state index in [0.29, 0.717) is 12.5 Å². The lowest BCUT2D eigenvalue weighted by Crippen LogP contribution is -2.35. The summed E-state index contributed by atoms with van der Waals surface area (Å²) >= 11 is 0. The molecular formula is C15H24N2O2. The van der Waals surface area contributed by atoms with Crippen LogP contribution in [-0.4, -0.2) is 29.8 Å². The summed E-state index contributed by atoms with van der Waals surface area (Å²) in [4.78, 5) is 4.24. The predicted molar refractivity (Wildman–Crippen MR) is 75.3 cm³/mol. The Morgan fingerprint density at radius 3 is 3.00 bits per heavy atom. The van der Waals surface area contributed by atoms with Gasteiger partial charge < -0.3 is 14.8 Å². The Labute approximate surface area is 115 Å². The number of rotatable bonds is 5. The van der Waals surface area contributed by atoms with E-state index in [1.54, 1.807) is 6.20 Å². The number of pyridine rings is 1. The fraction of sp³-hybridized carbons (Fsp3) is 0.667. The fourth-order valence-electron chi connectivity index (χ4n) is 1.96. The number of nitrogens with one attached hydrogen (secondary N) is 1. The van der Waals surface area contributed by atoms with E-state index in [1.807, 2.05) is 12.1 Å². The maximum Gasteiger partial charge on any atom is 0.213 e. The molecule has 1 aliphatic heterocycles. The first-order valence-electron chi connectivity index (χ1n) is 6.97. The smallest absolute Gasteiger partial charge is 0.213 e. The highest BCUT2D eigenvalue weighted by molar-refractivity contribution is 5.20. The lowest BCUT2D eigenvalue weighted by atomic mass is 10.1. The molecule has 4 heteroatoms. The van der Waals surface area contributed by atoms with Gasteiger partial charge in [-0.2, -0.15) is 0 Å². The molecule has 4 nitrogen and oxygen atoms in total. The third-order valence-corrected chi connectivity index (χ3v) is 3.06. The molecule has 0 radical (unpaired) electrons. The zero-order valence-corrected chi connectivity index (χ0v) is 12.1. The molecule has 1 unspecified atom stereocenters. The van der Waals surface area contributed by atoms with Crippen LogP contribution in [0.15, 0.2) is 18.3 Å². The van der Waals surface area contributed by atoms with Crippen molar-refractivity contribution in [1.29, 1.82) is 0 Å². The van der Waals surface area contributed by atoms with Crippen LogP contribution in [0.3, 0.4) is 0 Å². The van der Waals surface area contributed by atoms with Gasteiger partial charge in [0.1, 0.15) is 6.61 Å². The predicted octanol–water partition coefficient (Wildman–Crippen LogP) is 2.53. The third-order valence-electron chi connectivity index (χ3n) is 3.06. The van der Waals surface area contributed by atoms with Gasteiger partial charge in [-0.25, -0.2) is 4.98 Å². The average Bonchev–Trinajstić information content (AvgIpc) is 2.87. The van der Waals surface area contributed by atoms with Gasteiger partial charge in [-0.05, 0) is 45.2 Å². The Balaban J connectivity index is 1.84. The Morgan fingerprint density at radius 1 is 1.47 bits per heavy atom. The quantitative estimate of drug-likeness (QED) is 0.887. The van der Waals surface area contributed by atoms with Crippen molar-refractivity contribution in [3.8, 4) is 5.88 Å². The van der Waals surface area contributed by atoms with E-state index in [-0.39, 0.29) is 11.6 Å². The zero-order chi connectivity index (χ0) is 13.7. The molecule has 1 saturated heterocycles. The Hall–Kier alpha value is -1.13. The summed E-state index contributed by atoms with van der Waals surface area (Å²) in [7, 11) is 0. The summed E-state index contributed by atoms with van der Waals surface area (Å²) < 4.78 is 11.2. The standard InChI is InChI=1S/C15H24N2O2/c1-15(2,3)17-10-12-6-7-16-14(9-12)19-11-13-5-4-8-18-13/h6-7,9,13,17H,4-5,8,10-11H2,1-3H3. The van der Waals surface area contributed by atoms with Crippen LogP contribution in [0.4, 0.5) is 0 Å². The summed E-state index contributed by atoms with van der Waals surface area (Å²) in [5.74, 6) is 0.684. The third kappa shape index (κ3) is 5.17. The molecule has 1 aromatic rings. The molecule has 1 aliphatic rings. The van der Waals surface area contributed by atoms with Gasteiger partial charge in [0.2, 0.25) is 5.88 Å². The van der Waals surface area contributed by atoms with Gasteiger partial charge >= 0.3 is 0 Å². The monoisotopic (exact) mass is 264 g/mol. The lowest BCUT2D eigenvalue weighted by molar-refractivity contribution is 0.0663. The minimum Gasteiger partial charge on any atom is -0.475 e. The number of aromatic nitrogens is 1. The van der Waals surface area contributed by atoms with Crippen molar-refractivity contribution >= 4 is 0 Å². The van der Waals surface area contributed by atoms with Crippen LogP contribution in [0.25, 0.3) is 0 Å². The molecular weight excluding hydrogens is 240 g/mol. The van der Waals surface area contributed by atoms with Crippen molar-refractivity contribution in [3.63, 3.8) is 0 Å². The van der Waals surface area contributed by atoms with E-state index in [2.05, 4.69) is 31.1 Å². The van der Waals surface area contributed by atoms with E-state index < -0.39 is 0 Å². The summed E-state index contributed by atoms with van der Waals surface area (Å²) in [6.07, 6.45) is 4.26. The second kappa shape index (κ2) is 6.35. The van der Waals surface area contributed by atoms with Gasteiger partial charge in [-0.15, -0.1) is 0 Å². The SMILES string of the molecule is CC(C)(C)NCc1ccnc(OCC2CCCO2)c1. The summed E-state index contributed by atoms with van der Waals surface area (Å²) in [5.41, 5.74) is 1.30. The first-order valence-corrected chi connectivity index (χ1v) is 6.97. The van der Waals surface area contributed by atoms with Crippen molar-refractivity contribution < 1.29 is 9.47 Å². The van der Waals surface area contributed by atoms with E-state index in [4.69, 9.17) is 9.47 Å². The molecule has 0 bridgehead atoms. The molecule has 0 amide bonds. The molecule has 0 spiro atoms. The fourth-order valence-corrected chi connectivity index (χ4v) is 1.96. The van der Waals surface area contributed by atoms with Gasteiger partial charge in [0.25, 0.3) is 0 Å². The van der Waals surface area contributed by atoms with Crippen LogP contribution in [0.5, 0.6) is 5.88 Å². The van der Waals surface area contributed by atoms with E-state index in [9.17, 15) is 0 Å². The van der Waals surface area contributed by atoms with E-state index in [1.165, 1.54) is 5.56 Å². The molecule has 1 atom stereocenters. The number of hydrogen-bond acceptors (Lipinski definition) is 4. The maximum absolute atomic E-state index is 5.70. The van der Waals surface area contributed by atoms with Crippen LogP contribution < -0.4 is 10.1 Å². The Morgan fingerprint density at radius 2 is 2.32 bits per heavy atom. The molecule has 106 valence electrons. The Kier molecular flexibility index (Phi) is 4.77. The van der Waals surface area contributed by atoms with Crippen molar-refractivity contribution in [2.45, 2.75) is 51.8 Å². The largest absolute Gasteiger partial charge is 0.475 e. The number of ether oxygens (including phenoxy) is 2. The van der Waals surface area contributed by atoms with E-state index >= 15 is 0 Å². The van der Waals surface area contributed by atoms with Gasteiger partial charge in [-0.3, -0.25) is 0 Å². The van der Waals surface area contributed by atoms with Crippen LogP contribution in [0.1, 0.15) is 39.2 Å². The Bertz CT molecular complexity index is 395. The first-order chi connectivity index (χ1) is 9.03. The molecule has 0 saturated carbocycles. The first kappa shape index (κ1) is 14.3. The molecule has 2 rings (SSSR count). The van der Waals surface area contributed by atoms with Crippen LogP contribution in [0.2, 0.25) is 0 Å². The van der Waals surface area contributed by atoms with Crippen molar-refractivity contribution in [3.05, 3.63) is 23.9 Å². The lowest BCUT2D eigenvalue weighted by Gasteiger charge is -2.20. The van der Waals surface area contributed by atoms with Gasteiger partial charge in [0.05, 0.1) is 6.10 Å². The van der Waals surface area contributed by atoms with E-state index in [0.717, 1.165) is 26.0 Å². The molecule has 19 heavy (non-hydrogen) atoms. The highest BCUT2D eigenvalue weighted by Gasteiger charge is 2.16. The summed E-state index contributed by atoms with van der Waals surface area (Å²) in [6.45, 7) is 8.75. The molecule has 1 aromatic heterocycles. The van der Waals surface area contributed by atoms with Crippen molar-refractivity contribution in [2.75, 3.05) is 13.2 Å². The number of nitrogens with zero attached hydrogens (tertiary/aromatic N) is 1. The van der Waals surface area contributed by atoms with Crippen LogP contribution >= 0.6 is 0 Å². The van der Waals surface area contributed by atoms with Gasteiger partial charge in [-0.1, -0.05) is 0 Å². The summed E-state index contributed by atoms with van der Waals surface area (Å²) in [6, 6.07) is 4.01. The highest BCUT2D eigenvalue weighted by atomic mass is 16.5. The molecule has 0 aromatic carbocycles. The maximum atomic E-state index is 5.70. The zero-order valence-electron chi connectivity index (χ0n) is 12.1. The minimum absolute atomic E-state index is 0.113. The average molecular weight is 264 g/mol. The normalized spacial score (nSPS) is 19.6. The molecule has 1 fully saturated rings. The summed E-state index contributed by atoms with van der Waals surface area (Å²) in [5, 5.41) is 3.45. The minimum atomic E-state index is 0.113. The van der Waals surface area contributed by atoms with Crippen LogP contribution in [-0.2, 0) is 11.3 Å². The van der Waals surface area contributed by atoms with Crippen molar-refractivity contribution in [1.82, 2.24) is 10.3 Å².